The average molecular weight is 383 g/mol. The number of hydrogen-bond acceptors (Lipinski definition) is 4. The number of pyridine rings is 1. The Kier molecular flexibility index (Phi) is 5.02. The molecule has 138 valence electrons. The van der Waals surface area contributed by atoms with Gasteiger partial charge in [0.15, 0.2) is 0 Å². The third-order valence-electron chi connectivity index (χ3n) is 4.37. The van der Waals surface area contributed by atoms with E-state index < -0.39 is 0 Å². The van der Waals surface area contributed by atoms with Crippen molar-refractivity contribution < 1.29 is 13.9 Å². The van der Waals surface area contributed by atoms with Gasteiger partial charge in [0.1, 0.15) is 11.6 Å². The summed E-state index contributed by atoms with van der Waals surface area (Å²) in [5.74, 6) is 0.582. The van der Waals surface area contributed by atoms with Crippen LogP contribution in [0.2, 0.25) is 0 Å². The van der Waals surface area contributed by atoms with Gasteiger partial charge < -0.3 is 15.0 Å². The summed E-state index contributed by atoms with van der Waals surface area (Å²) in [6.45, 7) is 1.77. The Balaban J connectivity index is 1.34. The molecule has 0 bridgehead atoms. The van der Waals surface area contributed by atoms with E-state index in [0.717, 1.165) is 18.5 Å². The number of hydrogen-bond donors (Lipinski definition) is 1. The van der Waals surface area contributed by atoms with Crippen LogP contribution in [0.3, 0.4) is 0 Å². The fourth-order valence-corrected chi connectivity index (χ4v) is 3.84. The maximum absolute atomic E-state index is 13.0. The van der Waals surface area contributed by atoms with Gasteiger partial charge >= 0.3 is 6.03 Å². The van der Waals surface area contributed by atoms with Crippen molar-refractivity contribution in [2.24, 2.45) is 0 Å². The number of rotatable bonds is 4. The number of thiophene rings is 1. The van der Waals surface area contributed by atoms with Crippen LogP contribution in [0.25, 0.3) is 0 Å². The zero-order valence-corrected chi connectivity index (χ0v) is 15.3. The Hall–Kier alpha value is -2.93. The number of carbonyl (C=O) groups excluding carboxylic acids is 1. The molecule has 27 heavy (non-hydrogen) atoms. The molecule has 1 aromatic carbocycles. The van der Waals surface area contributed by atoms with E-state index in [9.17, 15) is 9.18 Å². The molecule has 7 heteroatoms. The second-order valence-electron chi connectivity index (χ2n) is 6.26. The molecular formula is C20H18FN3O2S. The van der Waals surface area contributed by atoms with Gasteiger partial charge in [-0.1, -0.05) is 0 Å². The first-order valence-corrected chi connectivity index (χ1v) is 9.52. The molecule has 4 rings (SSSR count). The van der Waals surface area contributed by atoms with Gasteiger partial charge in [-0.05, 0) is 59.3 Å². The van der Waals surface area contributed by atoms with Crippen molar-refractivity contribution in [1.82, 2.24) is 15.2 Å². The molecule has 0 radical (unpaired) electrons. The minimum Gasteiger partial charge on any atom is -0.439 e. The molecule has 1 N–H and O–H groups in total. The Bertz CT molecular complexity index is 942. The van der Waals surface area contributed by atoms with E-state index in [1.54, 1.807) is 35.7 Å². The SMILES string of the molecule is O=C(NCc1ccnc(Oc2ccc(F)cc2)c1)N1CCc2sccc2C1. The summed E-state index contributed by atoms with van der Waals surface area (Å²) in [6, 6.07) is 11.3. The Morgan fingerprint density at radius 1 is 1.26 bits per heavy atom. The monoisotopic (exact) mass is 383 g/mol. The predicted molar refractivity (Wildman–Crippen MR) is 101 cm³/mol. The van der Waals surface area contributed by atoms with Gasteiger partial charge in [-0.15, -0.1) is 11.3 Å². The smallest absolute Gasteiger partial charge is 0.317 e. The van der Waals surface area contributed by atoms with E-state index in [2.05, 4.69) is 21.7 Å². The minimum absolute atomic E-state index is 0.0790. The second kappa shape index (κ2) is 7.75. The summed E-state index contributed by atoms with van der Waals surface area (Å²) in [5.41, 5.74) is 2.11. The molecular weight excluding hydrogens is 365 g/mol. The maximum atomic E-state index is 13.0. The number of amides is 2. The van der Waals surface area contributed by atoms with E-state index in [4.69, 9.17) is 4.74 Å². The number of nitrogens with one attached hydrogen (secondary N) is 1. The number of nitrogens with zero attached hydrogens (tertiary/aromatic N) is 2. The van der Waals surface area contributed by atoms with E-state index >= 15 is 0 Å². The largest absolute Gasteiger partial charge is 0.439 e. The molecule has 2 aromatic heterocycles. The molecule has 3 aromatic rings. The molecule has 0 unspecified atom stereocenters. The maximum Gasteiger partial charge on any atom is 0.317 e. The van der Waals surface area contributed by atoms with Crippen molar-refractivity contribution in [2.75, 3.05) is 6.54 Å². The lowest BCUT2D eigenvalue weighted by atomic mass is 10.1. The highest BCUT2D eigenvalue weighted by molar-refractivity contribution is 7.10. The molecule has 0 saturated heterocycles. The fourth-order valence-electron chi connectivity index (χ4n) is 2.95. The molecule has 0 fully saturated rings. The quantitative estimate of drug-likeness (QED) is 0.729. The first-order valence-electron chi connectivity index (χ1n) is 8.64. The summed E-state index contributed by atoms with van der Waals surface area (Å²) in [7, 11) is 0. The highest BCUT2D eigenvalue weighted by Crippen LogP contribution is 2.24. The number of benzene rings is 1. The summed E-state index contributed by atoms with van der Waals surface area (Å²) in [4.78, 5) is 19.8. The zero-order chi connectivity index (χ0) is 18.6. The first kappa shape index (κ1) is 17.5. The Morgan fingerprint density at radius 3 is 2.96 bits per heavy atom. The molecule has 1 aliphatic heterocycles. The van der Waals surface area contributed by atoms with Crippen LogP contribution >= 0.6 is 11.3 Å². The first-order chi connectivity index (χ1) is 13.2. The fraction of sp³-hybridized carbons (Fsp3) is 0.200. The van der Waals surface area contributed by atoms with Gasteiger partial charge in [-0.3, -0.25) is 0 Å². The number of fused-ring (bicyclic) bond motifs is 1. The second-order valence-corrected chi connectivity index (χ2v) is 7.26. The van der Waals surface area contributed by atoms with E-state index in [-0.39, 0.29) is 11.8 Å². The number of carbonyl (C=O) groups is 1. The van der Waals surface area contributed by atoms with Gasteiger partial charge in [-0.2, -0.15) is 0 Å². The van der Waals surface area contributed by atoms with Gasteiger partial charge in [-0.25, -0.2) is 14.2 Å². The van der Waals surface area contributed by atoms with E-state index in [1.807, 2.05) is 11.0 Å². The number of halogens is 1. The van der Waals surface area contributed by atoms with Gasteiger partial charge in [0.2, 0.25) is 5.88 Å². The van der Waals surface area contributed by atoms with Gasteiger partial charge in [0.05, 0.1) is 0 Å². The van der Waals surface area contributed by atoms with Crippen molar-refractivity contribution in [3.8, 4) is 11.6 Å². The Morgan fingerprint density at radius 2 is 2.11 bits per heavy atom. The van der Waals surface area contributed by atoms with Crippen LogP contribution in [0, 0.1) is 5.82 Å². The summed E-state index contributed by atoms with van der Waals surface area (Å²) in [6.07, 6.45) is 2.53. The van der Waals surface area contributed by atoms with Crippen molar-refractivity contribution in [3.05, 3.63) is 75.9 Å². The third kappa shape index (κ3) is 4.25. The van der Waals surface area contributed by atoms with Crippen LogP contribution in [-0.4, -0.2) is 22.5 Å². The summed E-state index contributed by atoms with van der Waals surface area (Å²) in [5, 5.41) is 5.02. The van der Waals surface area contributed by atoms with E-state index in [1.165, 1.54) is 22.6 Å². The lowest BCUT2D eigenvalue weighted by Gasteiger charge is -2.27. The molecule has 0 saturated carbocycles. The number of ether oxygens (including phenoxy) is 1. The topological polar surface area (TPSA) is 54.5 Å². The van der Waals surface area contributed by atoms with Crippen LogP contribution in [-0.2, 0) is 19.5 Å². The molecule has 0 spiro atoms. The van der Waals surface area contributed by atoms with Gasteiger partial charge in [0.25, 0.3) is 0 Å². The summed E-state index contributed by atoms with van der Waals surface area (Å²) >= 11 is 1.75. The van der Waals surface area contributed by atoms with Crippen LogP contribution in [0.4, 0.5) is 9.18 Å². The van der Waals surface area contributed by atoms with Crippen molar-refractivity contribution >= 4 is 17.4 Å². The molecule has 0 atom stereocenters. The summed E-state index contributed by atoms with van der Waals surface area (Å²) < 4.78 is 18.6. The van der Waals surface area contributed by atoms with Crippen molar-refractivity contribution in [1.29, 1.82) is 0 Å². The van der Waals surface area contributed by atoms with Crippen LogP contribution in [0.5, 0.6) is 11.6 Å². The highest BCUT2D eigenvalue weighted by Gasteiger charge is 2.21. The molecule has 2 amide bonds. The Labute approximate surface area is 160 Å². The van der Waals surface area contributed by atoms with Crippen LogP contribution < -0.4 is 10.1 Å². The van der Waals surface area contributed by atoms with E-state index in [0.29, 0.717) is 24.7 Å². The third-order valence-corrected chi connectivity index (χ3v) is 5.40. The van der Waals surface area contributed by atoms with Crippen molar-refractivity contribution in [3.63, 3.8) is 0 Å². The highest BCUT2D eigenvalue weighted by atomic mass is 32.1. The lowest BCUT2D eigenvalue weighted by Crippen LogP contribution is -2.42. The number of urea groups is 1. The average Bonchev–Trinajstić information content (AvgIpc) is 3.16. The predicted octanol–water partition coefficient (Wildman–Crippen LogP) is 4.34. The molecule has 3 heterocycles. The lowest BCUT2D eigenvalue weighted by molar-refractivity contribution is 0.192. The normalized spacial score (nSPS) is 13.1. The zero-order valence-electron chi connectivity index (χ0n) is 14.5. The standard InChI is InChI=1S/C20H18FN3O2S/c21-16-1-3-17(4-2-16)26-19-11-14(5-8-22-19)12-23-20(25)24-9-6-18-15(13-24)7-10-27-18/h1-5,7-8,10-11H,6,9,12-13H2,(H,23,25). The van der Waals surface area contributed by atoms with Crippen LogP contribution in [0.1, 0.15) is 16.0 Å². The number of aromatic nitrogens is 1. The van der Waals surface area contributed by atoms with Crippen molar-refractivity contribution in [2.45, 2.75) is 19.5 Å². The van der Waals surface area contributed by atoms with Gasteiger partial charge in [0, 0.05) is 36.8 Å². The molecule has 0 aliphatic carbocycles. The molecule has 1 aliphatic rings. The molecule has 5 nitrogen and oxygen atoms in total. The van der Waals surface area contributed by atoms with Crippen LogP contribution in [0.15, 0.2) is 54.0 Å². The minimum atomic E-state index is -0.320.